The van der Waals surface area contributed by atoms with Crippen molar-refractivity contribution in [2.75, 3.05) is 11.5 Å². The SMILES string of the molecule is CCCCCCCCCCCCC[S+]([O-])CC(C)O. The Labute approximate surface area is 123 Å². The summed E-state index contributed by atoms with van der Waals surface area (Å²) in [4.78, 5) is 0. The van der Waals surface area contributed by atoms with Gasteiger partial charge >= 0.3 is 0 Å². The molecule has 2 unspecified atom stereocenters. The Morgan fingerprint density at radius 1 is 0.842 bits per heavy atom. The molecule has 3 heteroatoms. The molecule has 0 aromatic carbocycles. The Kier molecular flexibility index (Phi) is 14.9. The minimum absolute atomic E-state index is 0.423. The molecule has 0 rings (SSSR count). The fourth-order valence-corrected chi connectivity index (χ4v) is 3.51. The number of aliphatic hydroxyl groups excluding tert-OH is 1. The smallest absolute Gasteiger partial charge is 0.131 e. The van der Waals surface area contributed by atoms with Gasteiger partial charge in [0.2, 0.25) is 0 Å². The predicted octanol–water partition coefficient (Wildman–Crippen LogP) is 4.43. The van der Waals surface area contributed by atoms with Crippen LogP contribution in [-0.4, -0.2) is 27.3 Å². The zero-order chi connectivity index (χ0) is 14.3. The van der Waals surface area contributed by atoms with Crippen LogP contribution >= 0.6 is 0 Å². The summed E-state index contributed by atoms with van der Waals surface area (Å²) in [5.74, 6) is 1.21. The maximum Gasteiger partial charge on any atom is 0.131 e. The van der Waals surface area contributed by atoms with Crippen LogP contribution in [-0.2, 0) is 11.2 Å². The Morgan fingerprint density at radius 3 is 1.68 bits per heavy atom. The normalized spacial score (nSPS) is 14.5. The summed E-state index contributed by atoms with van der Waals surface area (Å²) in [5, 5.41) is 9.11. The fourth-order valence-electron chi connectivity index (χ4n) is 2.28. The van der Waals surface area contributed by atoms with Crippen molar-refractivity contribution in [1.29, 1.82) is 0 Å². The lowest BCUT2D eigenvalue weighted by Gasteiger charge is -2.12. The molecule has 19 heavy (non-hydrogen) atoms. The van der Waals surface area contributed by atoms with Gasteiger partial charge in [-0.25, -0.2) is 0 Å². The Balaban J connectivity index is 3.06. The molecule has 0 radical (unpaired) electrons. The summed E-state index contributed by atoms with van der Waals surface area (Å²) in [6.07, 6.45) is 14.1. The quantitative estimate of drug-likeness (QED) is 0.380. The van der Waals surface area contributed by atoms with Gasteiger partial charge in [0.05, 0.1) is 6.10 Å². The number of hydrogen-bond donors (Lipinski definition) is 1. The molecule has 2 nitrogen and oxygen atoms in total. The molecule has 0 spiro atoms. The molecule has 2 atom stereocenters. The van der Waals surface area contributed by atoms with Crippen LogP contribution in [0.1, 0.15) is 84.5 Å². The van der Waals surface area contributed by atoms with E-state index in [1.165, 1.54) is 64.2 Å². The molecule has 0 aliphatic heterocycles. The zero-order valence-electron chi connectivity index (χ0n) is 13.0. The highest BCUT2D eigenvalue weighted by Crippen LogP contribution is 2.11. The molecule has 0 aromatic heterocycles. The largest absolute Gasteiger partial charge is 0.616 e. The molecule has 0 fully saturated rings. The van der Waals surface area contributed by atoms with E-state index in [1.807, 2.05) is 0 Å². The van der Waals surface area contributed by atoms with Crippen LogP contribution < -0.4 is 0 Å². The van der Waals surface area contributed by atoms with E-state index in [-0.39, 0.29) is 0 Å². The maximum atomic E-state index is 11.5. The average Bonchev–Trinajstić information content (AvgIpc) is 2.35. The molecule has 0 aromatic rings. The van der Waals surface area contributed by atoms with Crippen molar-refractivity contribution in [3.63, 3.8) is 0 Å². The van der Waals surface area contributed by atoms with Gasteiger partial charge in [0.15, 0.2) is 0 Å². The van der Waals surface area contributed by atoms with E-state index >= 15 is 0 Å². The van der Waals surface area contributed by atoms with Gasteiger partial charge in [-0.05, 0) is 19.8 Å². The van der Waals surface area contributed by atoms with E-state index in [4.69, 9.17) is 5.11 Å². The summed E-state index contributed by atoms with van der Waals surface area (Å²) in [5.41, 5.74) is 0. The number of unbranched alkanes of at least 4 members (excludes halogenated alkanes) is 10. The first-order valence-electron chi connectivity index (χ1n) is 8.19. The van der Waals surface area contributed by atoms with Crippen LogP contribution in [0.3, 0.4) is 0 Å². The molecule has 1 N–H and O–H groups in total. The van der Waals surface area contributed by atoms with E-state index in [0.29, 0.717) is 5.75 Å². The summed E-state index contributed by atoms with van der Waals surface area (Å²) in [6.45, 7) is 3.96. The molecule has 0 amide bonds. The Morgan fingerprint density at radius 2 is 1.26 bits per heavy atom. The number of aliphatic hydroxyl groups is 1. The van der Waals surface area contributed by atoms with Crippen LogP contribution in [0.5, 0.6) is 0 Å². The molecule has 0 heterocycles. The van der Waals surface area contributed by atoms with Crippen LogP contribution in [0.15, 0.2) is 0 Å². The summed E-state index contributed by atoms with van der Waals surface area (Å²) in [6, 6.07) is 0. The number of rotatable bonds is 14. The van der Waals surface area contributed by atoms with Crippen molar-refractivity contribution in [3.05, 3.63) is 0 Å². The molecule has 116 valence electrons. The lowest BCUT2D eigenvalue weighted by atomic mass is 10.1. The van der Waals surface area contributed by atoms with Crippen LogP contribution in [0.4, 0.5) is 0 Å². The molecular formula is C16H34O2S. The summed E-state index contributed by atoms with van der Waals surface area (Å²) >= 11 is -0.814. The molecule has 0 aliphatic rings. The minimum atomic E-state index is -0.814. The summed E-state index contributed by atoms with van der Waals surface area (Å²) < 4.78 is 11.5. The van der Waals surface area contributed by atoms with Crippen molar-refractivity contribution in [3.8, 4) is 0 Å². The van der Waals surface area contributed by atoms with Gasteiger partial charge in [-0.1, -0.05) is 75.9 Å². The minimum Gasteiger partial charge on any atom is -0.616 e. The highest BCUT2D eigenvalue weighted by Gasteiger charge is 2.09. The van der Waals surface area contributed by atoms with Gasteiger partial charge in [-0.15, -0.1) is 0 Å². The van der Waals surface area contributed by atoms with Gasteiger partial charge in [0.1, 0.15) is 11.5 Å². The average molecular weight is 291 g/mol. The third kappa shape index (κ3) is 16.2. The van der Waals surface area contributed by atoms with Gasteiger partial charge in [0.25, 0.3) is 0 Å². The molecule has 0 bridgehead atoms. The van der Waals surface area contributed by atoms with Crippen LogP contribution in [0.25, 0.3) is 0 Å². The van der Waals surface area contributed by atoms with E-state index in [1.54, 1.807) is 6.92 Å². The number of hydrogen-bond acceptors (Lipinski definition) is 2. The highest BCUT2D eigenvalue weighted by molar-refractivity contribution is 7.91. The monoisotopic (exact) mass is 290 g/mol. The van der Waals surface area contributed by atoms with E-state index < -0.39 is 17.3 Å². The van der Waals surface area contributed by atoms with Crippen molar-refractivity contribution in [2.45, 2.75) is 90.6 Å². The third-order valence-electron chi connectivity index (χ3n) is 3.40. The van der Waals surface area contributed by atoms with E-state index in [0.717, 1.165) is 12.2 Å². The highest BCUT2D eigenvalue weighted by atomic mass is 32.2. The topological polar surface area (TPSA) is 43.3 Å². The van der Waals surface area contributed by atoms with Gasteiger partial charge in [0, 0.05) is 0 Å². The molecule has 0 aliphatic carbocycles. The second kappa shape index (κ2) is 14.7. The predicted molar refractivity (Wildman–Crippen MR) is 86.0 cm³/mol. The fraction of sp³-hybridized carbons (Fsp3) is 1.00. The zero-order valence-corrected chi connectivity index (χ0v) is 13.8. The lowest BCUT2D eigenvalue weighted by molar-refractivity contribution is 0.218. The van der Waals surface area contributed by atoms with Crippen LogP contribution in [0.2, 0.25) is 0 Å². The Hall–Kier alpha value is 0.270. The van der Waals surface area contributed by atoms with E-state index in [9.17, 15) is 4.55 Å². The van der Waals surface area contributed by atoms with Crippen LogP contribution in [0, 0.1) is 0 Å². The second-order valence-corrected chi connectivity index (χ2v) is 7.32. The lowest BCUT2D eigenvalue weighted by Crippen LogP contribution is -2.20. The van der Waals surface area contributed by atoms with Crippen molar-refractivity contribution >= 4 is 11.2 Å². The first-order chi connectivity index (χ1) is 9.16. The first-order valence-corrected chi connectivity index (χ1v) is 9.68. The second-order valence-electron chi connectivity index (χ2n) is 5.70. The van der Waals surface area contributed by atoms with Crippen molar-refractivity contribution < 1.29 is 9.66 Å². The molecule has 0 saturated heterocycles. The standard InChI is InChI=1S/C16H34O2S/c1-3-4-5-6-7-8-9-10-11-12-13-14-19(18)15-16(2)17/h16-17H,3-15H2,1-2H3. The maximum absolute atomic E-state index is 11.5. The molecule has 0 saturated carbocycles. The van der Waals surface area contributed by atoms with Crippen molar-refractivity contribution in [2.24, 2.45) is 0 Å². The first kappa shape index (κ1) is 19.3. The summed E-state index contributed by atoms with van der Waals surface area (Å²) in [7, 11) is 0. The molecular weight excluding hydrogens is 256 g/mol. The van der Waals surface area contributed by atoms with Gasteiger partial charge in [-0.3, -0.25) is 0 Å². The van der Waals surface area contributed by atoms with E-state index in [2.05, 4.69) is 6.92 Å². The van der Waals surface area contributed by atoms with Crippen molar-refractivity contribution in [1.82, 2.24) is 0 Å². The Bertz CT molecular complexity index is 174. The third-order valence-corrected chi connectivity index (χ3v) is 5.00. The van der Waals surface area contributed by atoms with Gasteiger partial charge in [-0.2, -0.15) is 0 Å². The van der Waals surface area contributed by atoms with Gasteiger partial charge < -0.3 is 9.66 Å².